The number of piperidine rings is 1. The van der Waals surface area contributed by atoms with Crippen LogP contribution in [0.1, 0.15) is 46.5 Å². The van der Waals surface area contributed by atoms with Crippen molar-refractivity contribution < 1.29 is 13.2 Å². The lowest BCUT2D eigenvalue weighted by atomic mass is 10.1. The van der Waals surface area contributed by atoms with Crippen LogP contribution in [-0.2, 0) is 14.8 Å². The minimum Gasteiger partial charge on any atom is -0.353 e. The first kappa shape index (κ1) is 16.4. The minimum absolute atomic E-state index is 0.0739. The number of hydrogen-bond donors (Lipinski definition) is 1. The number of nitrogens with zero attached hydrogens (tertiary/aromatic N) is 1. The van der Waals surface area contributed by atoms with Crippen molar-refractivity contribution in [3.05, 3.63) is 0 Å². The van der Waals surface area contributed by atoms with Crippen LogP contribution in [0.3, 0.4) is 0 Å². The van der Waals surface area contributed by atoms with E-state index in [4.69, 9.17) is 0 Å². The van der Waals surface area contributed by atoms with Gasteiger partial charge in [-0.25, -0.2) is 12.7 Å². The molecule has 1 aliphatic heterocycles. The van der Waals surface area contributed by atoms with E-state index < -0.39 is 10.0 Å². The lowest BCUT2D eigenvalue weighted by molar-refractivity contribution is -0.122. The molecule has 0 bridgehead atoms. The summed E-state index contributed by atoms with van der Waals surface area (Å²) in [4.78, 5) is 11.7. The SMILES string of the molecule is CCCS(=O)(=O)N1CCC(NC(=O)CC(C)C)CC1. The molecule has 5 nitrogen and oxygen atoms in total. The third-order valence-corrected chi connectivity index (χ3v) is 5.34. The second kappa shape index (κ2) is 7.24. The van der Waals surface area contributed by atoms with Crippen LogP contribution in [0.2, 0.25) is 0 Å². The predicted molar refractivity (Wildman–Crippen MR) is 76.3 cm³/mol. The molecule has 6 heteroatoms. The van der Waals surface area contributed by atoms with Gasteiger partial charge < -0.3 is 5.32 Å². The van der Waals surface area contributed by atoms with Gasteiger partial charge in [-0.05, 0) is 25.2 Å². The molecule has 1 fully saturated rings. The second-order valence-electron chi connectivity index (χ2n) is 5.65. The fourth-order valence-electron chi connectivity index (χ4n) is 2.32. The van der Waals surface area contributed by atoms with Gasteiger partial charge in [0.1, 0.15) is 0 Å². The van der Waals surface area contributed by atoms with Crippen LogP contribution in [0, 0.1) is 5.92 Å². The number of sulfonamides is 1. The van der Waals surface area contributed by atoms with Crippen molar-refractivity contribution in [2.24, 2.45) is 5.92 Å². The molecule has 1 rings (SSSR count). The molecule has 0 aromatic heterocycles. The summed E-state index contributed by atoms with van der Waals surface area (Å²) in [5.41, 5.74) is 0. The standard InChI is InChI=1S/C13H26N2O3S/c1-4-9-19(17,18)15-7-5-12(6-8-15)14-13(16)10-11(2)3/h11-12H,4-10H2,1-3H3,(H,14,16). The summed E-state index contributed by atoms with van der Waals surface area (Å²) in [7, 11) is -3.08. The van der Waals surface area contributed by atoms with E-state index in [1.807, 2.05) is 20.8 Å². The summed E-state index contributed by atoms with van der Waals surface area (Å²) in [5.74, 6) is 0.645. The van der Waals surface area contributed by atoms with Gasteiger partial charge in [0.25, 0.3) is 0 Å². The molecule has 0 spiro atoms. The summed E-state index contributed by atoms with van der Waals surface area (Å²) in [6, 6.07) is 0.124. The molecule has 1 heterocycles. The van der Waals surface area contributed by atoms with Crippen LogP contribution < -0.4 is 5.32 Å². The van der Waals surface area contributed by atoms with Crippen molar-refractivity contribution in [3.8, 4) is 0 Å². The van der Waals surface area contributed by atoms with E-state index in [2.05, 4.69) is 5.32 Å². The van der Waals surface area contributed by atoms with Crippen molar-refractivity contribution in [2.45, 2.75) is 52.5 Å². The smallest absolute Gasteiger partial charge is 0.220 e. The van der Waals surface area contributed by atoms with Gasteiger partial charge in [0.05, 0.1) is 5.75 Å². The Labute approximate surface area is 116 Å². The third-order valence-electron chi connectivity index (χ3n) is 3.27. The Bertz CT molecular complexity index is 385. The van der Waals surface area contributed by atoms with Gasteiger partial charge in [-0.15, -0.1) is 0 Å². The minimum atomic E-state index is -3.08. The first-order valence-electron chi connectivity index (χ1n) is 7.12. The largest absolute Gasteiger partial charge is 0.353 e. The third kappa shape index (κ3) is 5.48. The van der Waals surface area contributed by atoms with Gasteiger partial charge in [0, 0.05) is 25.6 Å². The summed E-state index contributed by atoms with van der Waals surface area (Å²) in [6.45, 7) is 6.94. The highest BCUT2D eigenvalue weighted by Gasteiger charge is 2.27. The van der Waals surface area contributed by atoms with E-state index in [9.17, 15) is 13.2 Å². The molecule has 0 radical (unpaired) electrons. The normalized spacial score (nSPS) is 18.7. The van der Waals surface area contributed by atoms with Crippen LogP contribution in [0.25, 0.3) is 0 Å². The number of nitrogens with one attached hydrogen (secondary N) is 1. The van der Waals surface area contributed by atoms with Gasteiger partial charge in [-0.1, -0.05) is 20.8 Å². The van der Waals surface area contributed by atoms with E-state index in [-0.39, 0.29) is 17.7 Å². The molecule has 1 amide bonds. The van der Waals surface area contributed by atoms with E-state index in [0.717, 1.165) is 0 Å². The van der Waals surface area contributed by atoms with Crippen molar-refractivity contribution >= 4 is 15.9 Å². The van der Waals surface area contributed by atoms with Crippen molar-refractivity contribution in [1.29, 1.82) is 0 Å². The molecule has 0 aromatic carbocycles. The zero-order chi connectivity index (χ0) is 14.5. The maximum atomic E-state index is 11.9. The fraction of sp³-hybridized carbons (Fsp3) is 0.923. The zero-order valence-electron chi connectivity index (χ0n) is 12.2. The fourth-order valence-corrected chi connectivity index (χ4v) is 3.86. The van der Waals surface area contributed by atoms with Crippen molar-refractivity contribution in [3.63, 3.8) is 0 Å². The Morgan fingerprint density at radius 2 is 1.89 bits per heavy atom. The summed E-state index contributed by atoms with van der Waals surface area (Å²) < 4.78 is 25.4. The van der Waals surface area contributed by atoms with E-state index in [1.165, 1.54) is 0 Å². The average molecular weight is 290 g/mol. The van der Waals surface area contributed by atoms with Crippen molar-refractivity contribution in [2.75, 3.05) is 18.8 Å². The Morgan fingerprint density at radius 3 is 2.37 bits per heavy atom. The maximum absolute atomic E-state index is 11.9. The molecule has 0 unspecified atom stereocenters. The lowest BCUT2D eigenvalue weighted by Crippen LogP contribution is -2.47. The summed E-state index contributed by atoms with van der Waals surface area (Å²) >= 11 is 0. The molecule has 0 aliphatic carbocycles. The molecule has 19 heavy (non-hydrogen) atoms. The Balaban J connectivity index is 2.39. The molecule has 0 saturated carbocycles. The molecular formula is C13H26N2O3S. The number of carbonyl (C=O) groups is 1. The molecule has 1 N–H and O–H groups in total. The van der Waals surface area contributed by atoms with E-state index >= 15 is 0 Å². The summed E-state index contributed by atoms with van der Waals surface area (Å²) in [6.07, 6.45) is 2.61. The zero-order valence-corrected chi connectivity index (χ0v) is 13.0. The van der Waals surface area contributed by atoms with Crippen LogP contribution in [0.15, 0.2) is 0 Å². The first-order valence-corrected chi connectivity index (χ1v) is 8.73. The molecule has 1 saturated heterocycles. The Hall–Kier alpha value is -0.620. The monoisotopic (exact) mass is 290 g/mol. The highest BCUT2D eigenvalue weighted by atomic mass is 32.2. The van der Waals surface area contributed by atoms with E-state index in [0.29, 0.717) is 44.7 Å². The molecular weight excluding hydrogens is 264 g/mol. The highest BCUT2D eigenvalue weighted by molar-refractivity contribution is 7.89. The molecule has 1 aliphatic rings. The van der Waals surface area contributed by atoms with Gasteiger partial charge in [0.2, 0.25) is 15.9 Å². The van der Waals surface area contributed by atoms with Gasteiger partial charge in [-0.2, -0.15) is 0 Å². The van der Waals surface area contributed by atoms with Crippen LogP contribution in [-0.4, -0.2) is 43.5 Å². The predicted octanol–water partition coefficient (Wildman–Crippen LogP) is 1.35. The second-order valence-corrected chi connectivity index (χ2v) is 7.74. The number of hydrogen-bond acceptors (Lipinski definition) is 3. The Morgan fingerprint density at radius 1 is 1.32 bits per heavy atom. The number of rotatable bonds is 6. The number of amides is 1. The maximum Gasteiger partial charge on any atom is 0.220 e. The molecule has 112 valence electrons. The topological polar surface area (TPSA) is 66.5 Å². The quantitative estimate of drug-likeness (QED) is 0.803. The molecule has 0 aromatic rings. The van der Waals surface area contributed by atoms with E-state index in [1.54, 1.807) is 4.31 Å². The van der Waals surface area contributed by atoms with Crippen LogP contribution in [0.4, 0.5) is 0 Å². The van der Waals surface area contributed by atoms with Gasteiger partial charge >= 0.3 is 0 Å². The molecule has 0 atom stereocenters. The van der Waals surface area contributed by atoms with Crippen LogP contribution >= 0.6 is 0 Å². The lowest BCUT2D eigenvalue weighted by Gasteiger charge is -2.31. The van der Waals surface area contributed by atoms with Gasteiger partial charge in [0.15, 0.2) is 0 Å². The Kier molecular flexibility index (Phi) is 6.26. The van der Waals surface area contributed by atoms with Crippen molar-refractivity contribution in [1.82, 2.24) is 9.62 Å². The number of carbonyl (C=O) groups excluding carboxylic acids is 1. The first-order chi connectivity index (χ1) is 8.85. The highest BCUT2D eigenvalue weighted by Crippen LogP contribution is 2.15. The van der Waals surface area contributed by atoms with Crippen LogP contribution in [0.5, 0.6) is 0 Å². The summed E-state index contributed by atoms with van der Waals surface area (Å²) in [5, 5.41) is 2.99. The van der Waals surface area contributed by atoms with Gasteiger partial charge in [-0.3, -0.25) is 4.79 Å². The average Bonchev–Trinajstić information content (AvgIpc) is 2.28.